The van der Waals surface area contributed by atoms with Gasteiger partial charge in [0.05, 0.1) is 11.0 Å². The maximum absolute atomic E-state index is 6.26. The summed E-state index contributed by atoms with van der Waals surface area (Å²) in [6.07, 6.45) is 0. The first-order valence-electron chi connectivity index (χ1n) is 19.2. The largest absolute Gasteiger partial charge is 0.456 e. The fourth-order valence-electron chi connectivity index (χ4n) is 8.37. The van der Waals surface area contributed by atoms with Crippen molar-refractivity contribution in [2.75, 3.05) is 0 Å². The zero-order valence-electron chi connectivity index (χ0n) is 30.6. The molecule has 0 aliphatic carbocycles. The zero-order chi connectivity index (χ0) is 37.0. The van der Waals surface area contributed by atoms with Crippen molar-refractivity contribution in [1.29, 1.82) is 0 Å². The van der Waals surface area contributed by atoms with Crippen molar-refractivity contribution in [1.82, 2.24) is 4.57 Å². The molecule has 0 atom stereocenters. The number of hydrogen-bond donors (Lipinski definition) is 0. The Balaban J connectivity index is 0.999. The van der Waals surface area contributed by atoms with Crippen LogP contribution in [0.25, 0.3) is 105 Å². The van der Waals surface area contributed by atoms with Crippen molar-refractivity contribution in [3.8, 4) is 61.3 Å². The molecule has 56 heavy (non-hydrogen) atoms. The summed E-state index contributed by atoms with van der Waals surface area (Å²) in [5.74, 6) is 0. The standard InChI is InChI=1S/C54H35NO/c1-4-11-36(12-5-1)41-17-10-18-46(31-41)55-51-27-23-42(37-13-6-2-7-14-37)32-47(51)48-33-43(24-28-52(48)55)39-19-21-40(22-20-39)45-26-30-54-50(35-45)49-34-44(25-29-53(49)56-54)38-15-8-3-9-16-38/h1-35H. The molecule has 262 valence electrons. The highest BCUT2D eigenvalue weighted by atomic mass is 16.3. The minimum atomic E-state index is 0.903. The lowest BCUT2D eigenvalue weighted by molar-refractivity contribution is 0.669. The van der Waals surface area contributed by atoms with Gasteiger partial charge in [0.25, 0.3) is 0 Å². The maximum Gasteiger partial charge on any atom is 0.135 e. The Bertz CT molecular complexity index is 3210. The average molecular weight is 714 g/mol. The molecule has 0 unspecified atom stereocenters. The number of rotatable bonds is 6. The lowest BCUT2D eigenvalue weighted by atomic mass is 9.97. The first-order chi connectivity index (χ1) is 27.7. The van der Waals surface area contributed by atoms with Crippen LogP contribution in [-0.4, -0.2) is 4.57 Å². The number of nitrogens with zero attached hydrogens (tertiary/aromatic N) is 1. The second-order valence-electron chi connectivity index (χ2n) is 14.5. The normalized spacial score (nSPS) is 11.6. The number of fused-ring (bicyclic) bond motifs is 6. The fraction of sp³-hybridized carbons (Fsp3) is 0. The first-order valence-corrected chi connectivity index (χ1v) is 19.2. The van der Waals surface area contributed by atoms with Gasteiger partial charge in [-0.25, -0.2) is 0 Å². The molecule has 0 bridgehead atoms. The summed E-state index contributed by atoms with van der Waals surface area (Å²) in [4.78, 5) is 0. The van der Waals surface area contributed by atoms with E-state index in [-0.39, 0.29) is 0 Å². The van der Waals surface area contributed by atoms with Gasteiger partial charge >= 0.3 is 0 Å². The molecule has 2 heteroatoms. The number of aromatic nitrogens is 1. The van der Waals surface area contributed by atoms with Gasteiger partial charge in [0.2, 0.25) is 0 Å². The van der Waals surface area contributed by atoms with Gasteiger partial charge in [0.1, 0.15) is 11.2 Å². The Hall–Kier alpha value is -7.42. The molecule has 0 aliphatic rings. The van der Waals surface area contributed by atoms with Crippen LogP contribution in [0.1, 0.15) is 0 Å². The highest BCUT2D eigenvalue weighted by Gasteiger charge is 2.16. The Labute approximate surface area is 325 Å². The van der Waals surface area contributed by atoms with Crippen molar-refractivity contribution in [3.05, 3.63) is 212 Å². The van der Waals surface area contributed by atoms with Crippen LogP contribution in [0.5, 0.6) is 0 Å². The van der Waals surface area contributed by atoms with Gasteiger partial charge in [-0.2, -0.15) is 0 Å². The molecule has 0 saturated heterocycles. The van der Waals surface area contributed by atoms with Gasteiger partial charge in [-0.15, -0.1) is 0 Å². The van der Waals surface area contributed by atoms with Gasteiger partial charge in [-0.1, -0.05) is 152 Å². The lowest BCUT2D eigenvalue weighted by Gasteiger charge is -2.11. The van der Waals surface area contributed by atoms with E-state index >= 15 is 0 Å². The summed E-state index contributed by atoms with van der Waals surface area (Å²) >= 11 is 0. The van der Waals surface area contributed by atoms with Crippen LogP contribution in [0.4, 0.5) is 0 Å². The van der Waals surface area contributed by atoms with Crippen LogP contribution in [0.15, 0.2) is 217 Å². The molecule has 0 aliphatic heterocycles. The monoisotopic (exact) mass is 713 g/mol. The van der Waals surface area contributed by atoms with Gasteiger partial charge in [0, 0.05) is 27.2 Å². The second kappa shape index (κ2) is 13.2. The van der Waals surface area contributed by atoms with Crippen molar-refractivity contribution in [2.24, 2.45) is 0 Å². The Morgan fingerprint density at radius 1 is 0.250 bits per heavy atom. The number of hydrogen-bond acceptors (Lipinski definition) is 1. The van der Waals surface area contributed by atoms with Crippen LogP contribution < -0.4 is 0 Å². The summed E-state index contributed by atoms with van der Waals surface area (Å²) in [7, 11) is 0. The van der Waals surface area contributed by atoms with Gasteiger partial charge in [-0.05, 0) is 116 Å². The highest BCUT2D eigenvalue weighted by molar-refractivity contribution is 6.12. The van der Waals surface area contributed by atoms with Crippen LogP contribution in [0, 0.1) is 0 Å². The van der Waals surface area contributed by atoms with E-state index in [0.29, 0.717) is 0 Å². The SMILES string of the molecule is c1ccc(-c2cccc(-n3c4ccc(-c5ccccc5)cc4c4cc(-c5ccc(-c6ccc7oc8ccc(-c9ccccc9)cc8c7c6)cc5)ccc43)c2)cc1. The molecule has 0 fully saturated rings. The van der Waals surface area contributed by atoms with E-state index in [1.165, 1.54) is 77.4 Å². The van der Waals surface area contributed by atoms with E-state index in [2.05, 4.69) is 217 Å². The summed E-state index contributed by atoms with van der Waals surface area (Å²) in [6.45, 7) is 0. The lowest BCUT2D eigenvalue weighted by Crippen LogP contribution is -1.94. The summed E-state index contributed by atoms with van der Waals surface area (Å²) in [5, 5.41) is 4.73. The minimum absolute atomic E-state index is 0.903. The Kier molecular flexibility index (Phi) is 7.53. The predicted molar refractivity (Wildman–Crippen MR) is 235 cm³/mol. The maximum atomic E-state index is 6.26. The third-order valence-electron chi connectivity index (χ3n) is 11.2. The fourth-order valence-corrected chi connectivity index (χ4v) is 8.37. The average Bonchev–Trinajstić information content (AvgIpc) is 3.81. The van der Waals surface area contributed by atoms with Crippen LogP contribution in [0.2, 0.25) is 0 Å². The van der Waals surface area contributed by atoms with Crippen molar-refractivity contribution < 1.29 is 4.42 Å². The third-order valence-corrected chi connectivity index (χ3v) is 11.2. The molecule has 9 aromatic carbocycles. The summed E-state index contributed by atoms with van der Waals surface area (Å²) in [5.41, 5.74) is 17.3. The van der Waals surface area contributed by atoms with Gasteiger partial charge in [-0.3, -0.25) is 0 Å². The Morgan fingerprint density at radius 2 is 0.589 bits per heavy atom. The third kappa shape index (κ3) is 5.51. The molecule has 0 saturated carbocycles. The molecule has 0 radical (unpaired) electrons. The van der Waals surface area contributed by atoms with E-state index in [9.17, 15) is 0 Å². The molecule has 0 amide bonds. The van der Waals surface area contributed by atoms with E-state index in [1.807, 2.05) is 0 Å². The van der Waals surface area contributed by atoms with Crippen molar-refractivity contribution >= 4 is 43.7 Å². The van der Waals surface area contributed by atoms with Gasteiger partial charge < -0.3 is 8.98 Å². The second-order valence-corrected chi connectivity index (χ2v) is 14.5. The van der Waals surface area contributed by atoms with E-state index in [4.69, 9.17) is 4.42 Å². The number of benzene rings is 9. The molecule has 2 aromatic heterocycles. The van der Waals surface area contributed by atoms with Crippen LogP contribution in [0.3, 0.4) is 0 Å². The Morgan fingerprint density at radius 3 is 1.04 bits per heavy atom. The smallest absolute Gasteiger partial charge is 0.135 e. The molecular weight excluding hydrogens is 679 g/mol. The molecule has 2 heterocycles. The highest BCUT2D eigenvalue weighted by Crippen LogP contribution is 2.39. The quantitative estimate of drug-likeness (QED) is 0.168. The molecular formula is C54H35NO. The molecule has 11 rings (SSSR count). The molecule has 0 spiro atoms. The van der Waals surface area contributed by atoms with E-state index in [1.54, 1.807) is 0 Å². The number of furan rings is 1. The van der Waals surface area contributed by atoms with Crippen molar-refractivity contribution in [3.63, 3.8) is 0 Å². The molecule has 11 aromatic rings. The first kappa shape index (κ1) is 32.0. The minimum Gasteiger partial charge on any atom is -0.456 e. The zero-order valence-corrected chi connectivity index (χ0v) is 30.6. The molecule has 0 N–H and O–H groups in total. The summed E-state index contributed by atoms with van der Waals surface area (Å²) in [6, 6.07) is 76.5. The van der Waals surface area contributed by atoms with Crippen LogP contribution in [-0.2, 0) is 0 Å². The van der Waals surface area contributed by atoms with Crippen LogP contribution >= 0.6 is 0 Å². The molecule has 2 nitrogen and oxygen atoms in total. The summed E-state index contributed by atoms with van der Waals surface area (Å²) < 4.78 is 8.68. The van der Waals surface area contributed by atoms with Gasteiger partial charge in [0.15, 0.2) is 0 Å². The van der Waals surface area contributed by atoms with Crippen molar-refractivity contribution in [2.45, 2.75) is 0 Å². The topological polar surface area (TPSA) is 18.1 Å². The van der Waals surface area contributed by atoms with E-state index in [0.717, 1.165) is 27.6 Å². The predicted octanol–water partition coefficient (Wildman–Crippen LogP) is 15.0. The van der Waals surface area contributed by atoms with E-state index < -0.39 is 0 Å².